The van der Waals surface area contributed by atoms with Gasteiger partial charge in [0.1, 0.15) is 0 Å². The molecule has 2 rings (SSSR count). The van der Waals surface area contributed by atoms with Gasteiger partial charge in [0.2, 0.25) is 5.91 Å². The van der Waals surface area contributed by atoms with Gasteiger partial charge in [-0.3, -0.25) is 9.59 Å². The second-order valence-electron chi connectivity index (χ2n) is 5.11. The maximum absolute atomic E-state index is 12.9. The number of nitrogens with two attached hydrogens (primary N) is 1. The molecule has 0 unspecified atom stereocenters. The topological polar surface area (TPSA) is 98.5 Å². The summed E-state index contributed by atoms with van der Waals surface area (Å²) in [6.45, 7) is -0.775. The molecule has 0 aliphatic carbocycles. The van der Waals surface area contributed by atoms with E-state index in [0.717, 1.165) is 12.1 Å². The second kappa shape index (κ2) is 7.68. The van der Waals surface area contributed by atoms with Crippen LogP contribution in [0.1, 0.15) is 26.3 Å². The molecule has 0 bridgehead atoms. The van der Waals surface area contributed by atoms with Crippen LogP contribution >= 0.6 is 0 Å². The maximum Gasteiger partial charge on any atom is 0.418 e. The lowest BCUT2D eigenvalue weighted by Gasteiger charge is -2.13. The molecule has 2 aromatic carbocycles. The van der Waals surface area contributed by atoms with E-state index >= 15 is 0 Å². The molecule has 0 saturated carbocycles. The van der Waals surface area contributed by atoms with Crippen LogP contribution in [0.25, 0.3) is 0 Å². The molecule has 136 valence electrons. The number of amides is 2. The highest BCUT2D eigenvalue weighted by Crippen LogP contribution is 2.34. The highest BCUT2D eigenvalue weighted by atomic mass is 19.4. The summed E-state index contributed by atoms with van der Waals surface area (Å²) in [4.78, 5) is 34.5. The lowest BCUT2D eigenvalue weighted by molar-refractivity contribution is -0.137. The van der Waals surface area contributed by atoms with Crippen LogP contribution in [0.15, 0.2) is 48.5 Å². The fourth-order valence-electron chi connectivity index (χ4n) is 2.01. The van der Waals surface area contributed by atoms with Crippen LogP contribution in [0, 0.1) is 0 Å². The molecule has 9 heteroatoms. The third-order valence-electron chi connectivity index (χ3n) is 3.25. The van der Waals surface area contributed by atoms with Crippen molar-refractivity contribution in [2.45, 2.75) is 6.18 Å². The lowest BCUT2D eigenvalue weighted by Crippen LogP contribution is -2.22. The number of benzene rings is 2. The number of esters is 1. The second-order valence-corrected chi connectivity index (χ2v) is 5.11. The summed E-state index contributed by atoms with van der Waals surface area (Å²) >= 11 is 0. The van der Waals surface area contributed by atoms with Crippen LogP contribution in [0.4, 0.5) is 18.9 Å². The Labute approximate surface area is 145 Å². The molecule has 0 aromatic heterocycles. The molecule has 0 spiro atoms. The smallest absolute Gasteiger partial charge is 0.418 e. The zero-order chi connectivity index (χ0) is 19.3. The first-order valence-electron chi connectivity index (χ1n) is 7.21. The number of alkyl halides is 3. The van der Waals surface area contributed by atoms with Crippen molar-refractivity contribution in [2.24, 2.45) is 5.73 Å². The lowest BCUT2D eigenvalue weighted by atomic mass is 10.1. The minimum atomic E-state index is -4.64. The van der Waals surface area contributed by atoms with Crippen LogP contribution in [0.2, 0.25) is 0 Å². The fourth-order valence-corrected chi connectivity index (χ4v) is 2.01. The molecule has 0 radical (unpaired) electrons. The van der Waals surface area contributed by atoms with E-state index in [0.29, 0.717) is 0 Å². The molecular weight excluding hydrogens is 353 g/mol. The Balaban J connectivity index is 1.97. The van der Waals surface area contributed by atoms with Gasteiger partial charge in [0, 0.05) is 5.56 Å². The number of anilines is 1. The van der Waals surface area contributed by atoms with E-state index in [1.165, 1.54) is 36.4 Å². The van der Waals surface area contributed by atoms with Crippen molar-refractivity contribution in [1.82, 2.24) is 0 Å². The summed E-state index contributed by atoms with van der Waals surface area (Å²) in [6.07, 6.45) is -4.64. The molecular formula is C17H13F3N2O4. The van der Waals surface area contributed by atoms with E-state index in [2.05, 4.69) is 5.32 Å². The van der Waals surface area contributed by atoms with E-state index in [9.17, 15) is 27.6 Å². The highest BCUT2D eigenvalue weighted by Gasteiger charge is 2.33. The van der Waals surface area contributed by atoms with Crippen molar-refractivity contribution in [3.8, 4) is 0 Å². The summed E-state index contributed by atoms with van der Waals surface area (Å²) in [5, 5.41) is 2.05. The van der Waals surface area contributed by atoms with E-state index in [4.69, 9.17) is 10.5 Å². The molecule has 0 aliphatic rings. The zero-order valence-electron chi connectivity index (χ0n) is 13.2. The number of carbonyl (C=O) groups excluding carboxylic acids is 3. The molecule has 0 atom stereocenters. The van der Waals surface area contributed by atoms with Gasteiger partial charge in [0.15, 0.2) is 6.61 Å². The number of carbonyl (C=O) groups is 3. The number of primary amides is 1. The predicted molar refractivity (Wildman–Crippen MR) is 85.3 cm³/mol. The quantitative estimate of drug-likeness (QED) is 0.795. The standard InChI is InChI=1S/C17H13F3N2O4/c18-17(19,20)12-3-1-2-4-13(12)22-14(23)9-26-16(25)11-7-5-10(6-8-11)15(21)24/h1-8H,9H2,(H2,21,24)(H,22,23). The Kier molecular flexibility index (Phi) is 5.61. The summed E-state index contributed by atoms with van der Waals surface area (Å²) < 4.78 is 43.3. The van der Waals surface area contributed by atoms with Gasteiger partial charge < -0.3 is 15.8 Å². The van der Waals surface area contributed by atoms with Crippen molar-refractivity contribution >= 4 is 23.5 Å². The molecule has 0 saturated heterocycles. The van der Waals surface area contributed by atoms with Gasteiger partial charge in [0.25, 0.3) is 5.91 Å². The molecule has 6 nitrogen and oxygen atoms in total. The van der Waals surface area contributed by atoms with Gasteiger partial charge in [-0.1, -0.05) is 12.1 Å². The first kappa shape index (κ1) is 19.0. The molecule has 3 N–H and O–H groups in total. The molecule has 2 amide bonds. The molecule has 26 heavy (non-hydrogen) atoms. The Morgan fingerprint density at radius 1 is 0.962 bits per heavy atom. The van der Waals surface area contributed by atoms with Crippen molar-refractivity contribution < 1.29 is 32.3 Å². The normalized spacial score (nSPS) is 10.9. The minimum absolute atomic E-state index is 0.0542. The number of nitrogens with one attached hydrogen (secondary N) is 1. The SMILES string of the molecule is NC(=O)c1ccc(C(=O)OCC(=O)Nc2ccccc2C(F)(F)F)cc1. The number of para-hydroxylation sites is 1. The van der Waals surface area contributed by atoms with Crippen LogP contribution in [0.3, 0.4) is 0 Å². The summed E-state index contributed by atoms with van der Waals surface area (Å²) in [5.74, 6) is -2.48. The average Bonchev–Trinajstić information content (AvgIpc) is 2.59. The Hall–Kier alpha value is -3.36. The van der Waals surface area contributed by atoms with Gasteiger partial charge >= 0.3 is 12.1 Å². The Bertz CT molecular complexity index is 833. The van der Waals surface area contributed by atoms with Crippen molar-refractivity contribution in [1.29, 1.82) is 0 Å². The molecule has 0 aliphatic heterocycles. The monoisotopic (exact) mass is 366 g/mol. The summed E-state index contributed by atoms with van der Waals surface area (Å²) in [7, 11) is 0. The number of hydrogen-bond acceptors (Lipinski definition) is 4. The fraction of sp³-hybridized carbons (Fsp3) is 0.118. The first-order chi connectivity index (χ1) is 12.2. The molecule has 0 heterocycles. The largest absolute Gasteiger partial charge is 0.452 e. The Morgan fingerprint density at radius 2 is 1.54 bits per heavy atom. The number of rotatable bonds is 5. The Morgan fingerprint density at radius 3 is 2.12 bits per heavy atom. The van der Waals surface area contributed by atoms with E-state index in [1.807, 2.05) is 0 Å². The van der Waals surface area contributed by atoms with Crippen LogP contribution in [0.5, 0.6) is 0 Å². The third-order valence-corrected chi connectivity index (χ3v) is 3.25. The highest BCUT2D eigenvalue weighted by molar-refractivity contribution is 5.97. The minimum Gasteiger partial charge on any atom is -0.452 e. The van der Waals surface area contributed by atoms with Crippen LogP contribution in [-0.4, -0.2) is 24.4 Å². The van der Waals surface area contributed by atoms with E-state index in [1.54, 1.807) is 0 Å². The van der Waals surface area contributed by atoms with Crippen molar-refractivity contribution in [2.75, 3.05) is 11.9 Å². The van der Waals surface area contributed by atoms with Crippen molar-refractivity contribution in [3.63, 3.8) is 0 Å². The maximum atomic E-state index is 12.9. The first-order valence-corrected chi connectivity index (χ1v) is 7.21. The zero-order valence-corrected chi connectivity index (χ0v) is 13.2. The van der Waals surface area contributed by atoms with Crippen molar-refractivity contribution in [3.05, 3.63) is 65.2 Å². The van der Waals surface area contributed by atoms with E-state index < -0.39 is 41.8 Å². The number of halogens is 3. The van der Waals surface area contributed by atoms with Gasteiger partial charge in [-0.2, -0.15) is 13.2 Å². The predicted octanol–water partition coefficient (Wildman–Crippen LogP) is 2.60. The summed E-state index contributed by atoms with van der Waals surface area (Å²) in [6, 6.07) is 9.59. The molecule has 0 fully saturated rings. The number of hydrogen-bond donors (Lipinski definition) is 2. The summed E-state index contributed by atoms with van der Waals surface area (Å²) in [5.41, 5.74) is 3.85. The van der Waals surface area contributed by atoms with Gasteiger partial charge in [0.05, 0.1) is 16.8 Å². The third kappa shape index (κ3) is 4.82. The van der Waals surface area contributed by atoms with Gasteiger partial charge in [-0.05, 0) is 36.4 Å². The van der Waals surface area contributed by atoms with E-state index in [-0.39, 0.29) is 11.1 Å². The van der Waals surface area contributed by atoms with Crippen LogP contribution in [-0.2, 0) is 15.7 Å². The average molecular weight is 366 g/mol. The number of ether oxygens (including phenoxy) is 1. The van der Waals surface area contributed by atoms with Gasteiger partial charge in [-0.15, -0.1) is 0 Å². The van der Waals surface area contributed by atoms with Gasteiger partial charge in [-0.25, -0.2) is 4.79 Å². The van der Waals surface area contributed by atoms with Crippen LogP contribution < -0.4 is 11.1 Å². The molecule has 2 aromatic rings.